The molecule has 6 nitrogen and oxygen atoms in total. The predicted molar refractivity (Wildman–Crippen MR) is 163 cm³/mol. The third kappa shape index (κ3) is 6.87. The molecule has 0 unspecified atom stereocenters. The molecule has 224 valence electrons. The van der Waals surface area contributed by atoms with E-state index in [4.69, 9.17) is 16.3 Å². The fraction of sp³-hybridized carbons (Fsp3) is 0.758. The summed E-state index contributed by atoms with van der Waals surface area (Å²) in [6.45, 7) is 18.6. The molecule has 1 aromatic carbocycles. The first kappa shape index (κ1) is 31.3. The number of rotatable bonds is 7. The molecule has 2 heterocycles. The molecule has 1 saturated carbocycles. The smallest absolute Gasteiger partial charge is 0.231 e. The van der Waals surface area contributed by atoms with E-state index in [2.05, 4.69) is 61.5 Å². The lowest BCUT2D eigenvalue weighted by molar-refractivity contribution is -0.150. The molecule has 2 aliphatic heterocycles. The van der Waals surface area contributed by atoms with E-state index < -0.39 is 5.41 Å². The number of nitrogens with zero attached hydrogens (tertiary/aromatic N) is 3. The molecule has 2 saturated heterocycles. The van der Waals surface area contributed by atoms with Crippen LogP contribution in [0.25, 0.3) is 0 Å². The molecule has 2 amide bonds. The number of carbonyl (C=O) groups excluding carboxylic acids is 2. The van der Waals surface area contributed by atoms with Gasteiger partial charge in [0.15, 0.2) is 0 Å². The van der Waals surface area contributed by atoms with E-state index in [1.807, 2.05) is 26.0 Å². The predicted octanol–water partition coefficient (Wildman–Crippen LogP) is 6.22. The molecule has 7 heteroatoms. The van der Waals surface area contributed by atoms with Crippen LogP contribution in [-0.4, -0.2) is 84.0 Å². The zero-order valence-electron chi connectivity index (χ0n) is 26.1. The van der Waals surface area contributed by atoms with E-state index in [1.165, 1.54) is 5.56 Å². The van der Waals surface area contributed by atoms with E-state index >= 15 is 0 Å². The van der Waals surface area contributed by atoms with Gasteiger partial charge in [0.05, 0.1) is 24.0 Å². The summed E-state index contributed by atoms with van der Waals surface area (Å²) in [6.07, 6.45) is 5.12. The maximum absolute atomic E-state index is 14.2. The highest BCUT2D eigenvalue weighted by atomic mass is 35.5. The van der Waals surface area contributed by atoms with Crippen molar-refractivity contribution in [1.82, 2.24) is 14.7 Å². The second-order valence-corrected chi connectivity index (χ2v) is 15.4. The fourth-order valence-electron chi connectivity index (χ4n) is 7.12. The van der Waals surface area contributed by atoms with Gasteiger partial charge in [-0.25, -0.2) is 0 Å². The molecule has 40 heavy (non-hydrogen) atoms. The van der Waals surface area contributed by atoms with E-state index in [9.17, 15) is 9.59 Å². The van der Waals surface area contributed by atoms with Crippen molar-refractivity contribution in [3.63, 3.8) is 0 Å². The van der Waals surface area contributed by atoms with Crippen LogP contribution in [0, 0.1) is 16.7 Å². The average Bonchev–Trinajstić information content (AvgIpc) is 3.53. The quantitative estimate of drug-likeness (QED) is 0.388. The van der Waals surface area contributed by atoms with Crippen LogP contribution in [0.3, 0.4) is 0 Å². The van der Waals surface area contributed by atoms with Gasteiger partial charge in [0.2, 0.25) is 11.8 Å². The molecule has 3 aliphatic rings. The summed E-state index contributed by atoms with van der Waals surface area (Å²) in [5.41, 5.74) is 0.881. The van der Waals surface area contributed by atoms with Crippen LogP contribution >= 0.6 is 11.6 Å². The number of amides is 2. The Hall–Kier alpha value is -1.63. The number of carbonyl (C=O) groups is 2. The minimum absolute atomic E-state index is 0.0157. The molecule has 0 bridgehead atoms. The molecule has 1 aromatic rings. The molecule has 0 radical (unpaired) electrons. The fourth-order valence-corrected chi connectivity index (χ4v) is 7.24. The van der Waals surface area contributed by atoms with Crippen LogP contribution in [0.15, 0.2) is 24.3 Å². The third-order valence-corrected chi connectivity index (χ3v) is 10.0. The summed E-state index contributed by atoms with van der Waals surface area (Å²) < 4.78 is 5.46. The molecular formula is C33H52ClN3O3. The molecule has 4 rings (SSSR count). The normalized spacial score (nSPS) is 26.3. The van der Waals surface area contributed by atoms with Crippen molar-refractivity contribution in [2.24, 2.45) is 16.7 Å². The highest BCUT2D eigenvalue weighted by Crippen LogP contribution is 2.41. The Morgan fingerprint density at radius 1 is 0.975 bits per heavy atom. The molecule has 0 N–H and O–H groups in total. The van der Waals surface area contributed by atoms with Gasteiger partial charge in [0.25, 0.3) is 0 Å². The first-order valence-electron chi connectivity index (χ1n) is 15.2. The number of benzene rings is 1. The van der Waals surface area contributed by atoms with E-state index in [0.29, 0.717) is 30.1 Å². The summed E-state index contributed by atoms with van der Waals surface area (Å²) in [4.78, 5) is 35.0. The standard InChI is InChI=1S/C33H52ClN3O3/c1-31(2,3)36-20-27(23-9-11-24(34)12-10-23)28(21-36)29(38)35-18-15-26(19-35)37(30(39)33(6,7)22-40-8)25-13-16-32(4,5)17-14-25/h9-12,25-28H,13-22H2,1-8H3/t26-,27-,28+/m0/s1. The highest BCUT2D eigenvalue weighted by molar-refractivity contribution is 6.30. The minimum atomic E-state index is -0.600. The number of likely N-dealkylation sites (tertiary alicyclic amines) is 2. The Bertz CT molecular complexity index is 1040. The lowest BCUT2D eigenvalue weighted by Crippen LogP contribution is -2.55. The van der Waals surface area contributed by atoms with Gasteiger partial charge >= 0.3 is 0 Å². The molecule has 0 aromatic heterocycles. The third-order valence-electron chi connectivity index (χ3n) is 9.77. The van der Waals surface area contributed by atoms with Crippen LogP contribution in [0.4, 0.5) is 0 Å². The van der Waals surface area contributed by atoms with E-state index in [1.54, 1.807) is 7.11 Å². The summed E-state index contributed by atoms with van der Waals surface area (Å²) in [5, 5.41) is 0.715. The van der Waals surface area contributed by atoms with Crippen LogP contribution in [0.1, 0.15) is 92.1 Å². The van der Waals surface area contributed by atoms with Crippen LogP contribution in [-0.2, 0) is 14.3 Å². The van der Waals surface area contributed by atoms with Crippen LogP contribution < -0.4 is 0 Å². The lowest BCUT2D eigenvalue weighted by atomic mass is 9.74. The first-order valence-corrected chi connectivity index (χ1v) is 15.6. The molecular weight excluding hydrogens is 522 g/mol. The summed E-state index contributed by atoms with van der Waals surface area (Å²) in [6, 6.07) is 8.29. The second kappa shape index (κ2) is 11.9. The van der Waals surface area contributed by atoms with Crippen molar-refractivity contribution < 1.29 is 14.3 Å². The monoisotopic (exact) mass is 573 g/mol. The molecule has 3 atom stereocenters. The van der Waals surface area contributed by atoms with Crippen molar-refractivity contribution in [2.75, 3.05) is 39.9 Å². The summed E-state index contributed by atoms with van der Waals surface area (Å²) in [5.74, 6) is 0.408. The average molecular weight is 574 g/mol. The summed E-state index contributed by atoms with van der Waals surface area (Å²) >= 11 is 6.20. The van der Waals surface area contributed by atoms with Crippen molar-refractivity contribution in [2.45, 2.75) is 104 Å². The number of halogens is 1. The topological polar surface area (TPSA) is 53.1 Å². The first-order chi connectivity index (χ1) is 18.6. The minimum Gasteiger partial charge on any atom is -0.384 e. The SMILES string of the molecule is COCC(C)(C)C(=O)N(C1CCC(C)(C)CC1)[C@H]1CCN(C(=O)[C@@H]2CN(C(C)(C)C)C[C@H]2c2ccc(Cl)cc2)C1. The molecule has 1 aliphatic carbocycles. The molecule has 0 spiro atoms. The largest absolute Gasteiger partial charge is 0.384 e. The van der Waals surface area contributed by atoms with Crippen LogP contribution in [0.2, 0.25) is 5.02 Å². The summed E-state index contributed by atoms with van der Waals surface area (Å²) in [7, 11) is 1.66. The number of hydrogen-bond acceptors (Lipinski definition) is 4. The maximum atomic E-state index is 14.2. The Balaban J connectivity index is 1.55. The molecule has 3 fully saturated rings. The second-order valence-electron chi connectivity index (χ2n) is 15.0. The van der Waals surface area contributed by atoms with Gasteiger partial charge in [-0.1, -0.05) is 37.6 Å². The van der Waals surface area contributed by atoms with E-state index in [0.717, 1.165) is 45.2 Å². The van der Waals surface area contributed by atoms with Crippen LogP contribution in [0.5, 0.6) is 0 Å². The van der Waals surface area contributed by atoms with Gasteiger partial charge in [-0.2, -0.15) is 0 Å². The van der Waals surface area contributed by atoms with Crippen molar-refractivity contribution in [3.8, 4) is 0 Å². The van der Waals surface area contributed by atoms with Gasteiger partial charge in [0.1, 0.15) is 0 Å². The van der Waals surface area contributed by atoms with Gasteiger partial charge in [-0.05, 0) is 89.8 Å². The van der Waals surface area contributed by atoms with Crippen molar-refractivity contribution in [3.05, 3.63) is 34.9 Å². The van der Waals surface area contributed by atoms with Crippen molar-refractivity contribution >= 4 is 23.4 Å². The number of hydrogen-bond donors (Lipinski definition) is 0. The van der Waals surface area contributed by atoms with Gasteiger partial charge < -0.3 is 14.5 Å². The Labute approximate surface area is 247 Å². The van der Waals surface area contributed by atoms with Gasteiger partial charge in [-0.15, -0.1) is 0 Å². The highest BCUT2D eigenvalue weighted by Gasteiger charge is 2.47. The van der Waals surface area contributed by atoms with Crippen molar-refractivity contribution in [1.29, 1.82) is 0 Å². The Morgan fingerprint density at radius 3 is 2.17 bits per heavy atom. The number of methoxy groups -OCH3 is 1. The lowest BCUT2D eigenvalue weighted by Gasteiger charge is -2.45. The Kier molecular flexibility index (Phi) is 9.34. The zero-order chi connectivity index (χ0) is 29.5. The van der Waals surface area contributed by atoms with Gasteiger partial charge in [-0.3, -0.25) is 14.5 Å². The number of ether oxygens (including phenoxy) is 1. The maximum Gasteiger partial charge on any atom is 0.231 e. The zero-order valence-corrected chi connectivity index (χ0v) is 26.9. The Morgan fingerprint density at radius 2 is 1.60 bits per heavy atom. The van der Waals surface area contributed by atoms with Gasteiger partial charge in [0, 0.05) is 55.8 Å². The van der Waals surface area contributed by atoms with E-state index in [-0.39, 0.29) is 41.3 Å².